The Hall–Kier alpha value is -3.22. The zero-order valence-corrected chi connectivity index (χ0v) is 38.5. The molecule has 1 aliphatic heterocycles. The van der Waals surface area contributed by atoms with Crippen molar-refractivity contribution in [2.45, 2.75) is 161 Å². The lowest BCUT2D eigenvalue weighted by Crippen LogP contribution is -2.24. The van der Waals surface area contributed by atoms with E-state index in [4.69, 9.17) is 11.5 Å². The fraction of sp³-hybridized carbons (Fsp3) is 0.625. The maximum absolute atomic E-state index is 5.82. The number of para-hydroxylation sites is 2. The molecule has 3 rings (SSSR count). The second-order valence-corrected chi connectivity index (χ2v) is 13.1. The molecule has 0 unspecified atom stereocenters. The van der Waals surface area contributed by atoms with Gasteiger partial charge in [-0.25, -0.2) is 0 Å². The summed E-state index contributed by atoms with van der Waals surface area (Å²) in [5.41, 5.74) is 20.3. The average Bonchev–Trinajstić information content (AvgIpc) is 3.32. The van der Waals surface area contributed by atoms with Crippen LogP contribution in [0.5, 0.6) is 0 Å². The minimum atomic E-state index is 0.566. The number of rotatable bonds is 17. The molecule has 6 heteroatoms. The number of unbranched alkanes of at least 4 members (excludes halogenated alkanes) is 2. The van der Waals surface area contributed by atoms with Gasteiger partial charge in [-0.1, -0.05) is 172 Å². The highest BCUT2D eigenvalue weighted by atomic mass is 15.2. The number of anilines is 2. The number of nitrogens with two attached hydrogens (primary N) is 2. The molecular formula is C48H92N6. The summed E-state index contributed by atoms with van der Waals surface area (Å²) in [7, 11) is 1.97. The Labute approximate surface area is 338 Å². The summed E-state index contributed by atoms with van der Waals surface area (Å²) >= 11 is 0. The van der Waals surface area contributed by atoms with E-state index in [9.17, 15) is 0 Å². The zero-order chi connectivity index (χ0) is 42.4. The third-order valence-electron chi connectivity index (χ3n) is 8.18. The molecule has 0 aromatic heterocycles. The van der Waals surface area contributed by atoms with Gasteiger partial charge in [0.15, 0.2) is 0 Å². The first-order chi connectivity index (χ1) is 26.1. The van der Waals surface area contributed by atoms with E-state index in [0.29, 0.717) is 18.5 Å². The summed E-state index contributed by atoms with van der Waals surface area (Å²) in [6, 6.07) is 17.0. The first-order valence-electron chi connectivity index (χ1n) is 21.7. The van der Waals surface area contributed by atoms with Crippen LogP contribution in [0.15, 0.2) is 73.1 Å². The van der Waals surface area contributed by atoms with Crippen LogP contribution in [0.4, 0.5) is 11.4 Å². The smallest absolute Gasteiger partial charge is 0.0678 e. The first kappa shape index (κ1) is 57.5. The standard InChI is InChI=1S/C26H35N5.C9H20.C4H11N.C3H8.3C2H6/c1-5-29-19(2)11-10-12-20(3)31-23-15-8-6-13-21(23)25(28-4)26(30-18-17-27)22-14-7-9-16-24(22)31;1-5-7-8-9(3,4)6-2;1-2-3-4-5;1-3-2;3*1-2/h6-9,13-16,28-30H,2-3,5,10-12,17-18,27H2,1,4H3;5-8H2,1-4H3;2-5H2,1H3;3H2,1-2H3;3*1-2H3. The molecule has 2 aromatic rings. The molecule has 0 saturated heterocycles. The Balaban J connectivity index is -0.000000448. The summed E-state index contributed by atoms with van der Waals surface area (Å²) in [6.07, 6.45) is 11.9. The third kappa shape index (κ3) is 24.2. The number of hydrogen-bond acceptors (Lipinski definition) is 6. The molecular weight excluding hydrogens is 661 g/mol. The van der Waals surface area contributed by atoms with E-state index in [0.717, 1.165) is 77.6 Å². The Morgan fingerprint density at radius 1 is 0.685 bits per heavy atom. The topological polar surface area (TPSA) is 91.4 Å². The van der Waals surface area contributed by atoms with Crippen LogP contribution in [-0.4, -0.2) is 33.2 Å². The average molecular weight is 753 g/mol. The summed E-state index contributed by atoms with van der Waals surface area (Å²) in [5, 5.41) is 10.3. The van der Waals surface area contributed by atoms with Crippen LogP contribution in [0.3, 0.4) is 0 Å². The SMILES string of the molecule is C=C(CCCC(=C)N1c2ccccc2C(NC)=C(NCCN)c2ccccc21)NCC.CC.CC.CC.CCC.CCCCC(C)(C)CC.CCCCN. The fourth-order valence-electron chi connectivity index (χ4n) is 5.13. The van der Waals surface area contributed by atoms with Gasteiger partial charge in [-0.3, -0.25) is 0 Å². The van der Waals surface area contributed by atoms with Gasteiger partial charge in [-0.15, -0.1) is 0 Å². The minimum Gasteiger partial charge on any atom is -0.389 e. The molecule has 0 radical (unpaired) electrons. The van der Waals surface area contributed by atoms with Crippen LogP contribution in [-0.2, 0) is 0 Å². The van der Waals surface area contributed by atoms with Crippen molar-refractivity contribution >= 4 is 22.8 Å². The lowest BCUT2D eigenvalue weighted by molar-refractivity contribution is 0.311. The predicted octanol–water partition coefficient (Wildman–Crippen LogP) is 13.4. The molecule has 314 valence electrons. The van der Waals surface area contributed by atoms with Gasteiger partial charge in [-0.2, -0.15) is 0 Å². The van der Waals surface area contributed by atoms with Crippen molar-refractivity contribution in [2.75, 3.05) is 38.1 Å². The van der Waals surface area contributed by atoms with Gasteiger partial charge in [0, 0.05) is 49.2 Å². The number of nitrogens with zero attached hydrogens (tertiary/aromatic N) is 1. The van der Waals surface area contributed by atoms with Crippen molar-refractivity contribution in [1.82, 2.24) is 16.0 Å². The van der Waals surface area contributed by atoms with Crippen LogP contribution in [0, 0.1) is 5.41 Å². The second kappa shape index (κ2) is 39.5. The monoisotopic (exact) mass is 753 g/mol. The number of hydrogen-bond donors (Lipinski definition) is 5. The normalized spacial score (nSPS) is 10.6. The predicted molar refractivity (Wildman–Crippen MR) is 251 cm³/mol. The van der Waals surface area contributed by atoms with Gasteiger partial charge in [0.25, 0.3) is 0 Å². The van der Waals surface area contributed by atoms with E-state index in [1.807, 2.05) is 48.6 Å². The molecule has 1 heterocycles. The lowest BCUT2D eigenvalue weighted by Gasteiger charge is -2.29. The minimum absolute atomic E-state index is 0.566. The highest BCUT2D eigenvalue weighted by molar-refractivity contribution is 6.00. The molecule has 0 saturated carbocycles. The Bertz CT molecular complexity index is 1180. The van der Waals surface area contributed by atoms with E-state index in [1.165, 1.54) is 44.9 Å². The third-order valence-corrected chi connectivity index (χ3v) is 8.18. The molecule has 6 nitrogen and oxygen atoms in total. The van der Waals surface area contributed by atoms with E-state index in [2.05, 4.69) is 138 Å². The van der Waals surface area contributed by atoms with E-state index >= 15 is 0 Å². The maximum atomic E-state index is 5.82. The first-order valence-corrected chi connectivity index (χ1v) is 21.7. The lowest BCUT2D eigenvalue weighted by atomic mass is 9.85. The van der Waals surface area contributed by atoms with E-state index < -0.39 is 0 Å². The molecule has 7 N–H and O–H groups in total. The number of fused-ring (bicyclic) bond motifs is 2. The largest absolute Gasteiger partial charge is 0.389 e. The van der Waals surface area contributed by atoms with Gasteiger partial charge in [0.2, 0.25) is 0 Å². The summed E-state index contributed by atoms with van der Waals surface area (Å²) in [4.78, 5) is 2.30. The molecule has 0 bridgehead atoms. The summed E-state index contributed by atoms with van der Waals surface area (Å²) in [6.45, 7) is 41.3. The van der Waals surface area contributed by atoms with Crippen molar-refractivity contribution in [3.8, 4) is 0 Å². The Morgan fingerprint density at radius 2 is 1.17 bits per heavy atom. The van der Waals surface area contributed by atoms with Crippen molar-refractivity contribution < 1.29 is 0 Å². The van der Waals surface area contributed by atoms with Crippen molar-refractivity contribution in [2.24, 2.45) is 16.9 Å². The molecule has 0 fully saturated rings. The van der Waals surface area contributed by atoms with Gasteiger partial charge in [0.1, 0.15) is 0 Å². The van der Waals surface area contributed by atoms with Crippen LogP contribution in [0.1, 0.15) is 172 Å². The molecule has 54 heavy (non-hydrogen) atoms. The van der Waals surface area contributed by atoms with Crippen LogP contribution in [0.2, 0.25) is 0 Å². The molecule has 0 aliphatic carbocycles. The molecule has 1 aliphatic rings. The van der Waals surface area contributed by atoms with Crippen LogP contribution >= 0.6 is 0 Å². The van der Waals surface area contributed by atoms with Crippen molar-refractivity contribution in [3.05, 3.63) is 84.2 Å². The fourth-order valence-corrected chi connectivity index (χ4v) is 5.13. The van der Waals surface area contributed by atoms with Crippen LogP contribution < -0.4 is 32.3 Å². The van der Waals surface area contributed by atoms with Gasteiger partial charge in [-0.05, 0) is 63.1 Å². The molecule has 0 spiro atoms. The number of nitrogens with one attached hydrogen (secondary N) is 3. The Morgan fingerprint density at radius 3 is 1.56 bits per heavy atom. The van der Waals surface area contributed by atoms with E-state index in [-0.39, 0.29) is 0 Å². The van der Waals surface area contributed by atoms with Gasteiger partial charge in [0.05, 0.1) is 22.8 Å². The molecule has 0 amide bonds. The van der Waals surface area contributed by atoms with Crippen LogP contribution in [0.25, 0.3) is 11.4 Å². The number of allylic oxidation sites excluding steroid dienone is 2. The highest BCUT2D eigenvalue weighted by Crippen LogP contribution is 2.44. The summed E-state index contributed by atoms with van der Waals surface area (Å²) in [5.74, 6) is 0. The molecule has 0 atom stereocenters. The molecule has 2 aromatic carbocycles. The van der Waals surface area contributed by atoms with E-state index in [1.54, 1.807) is 0 Å². The zero-order valence-electron chi connectivity index (χ0n) is 38.5. The maximum Gasteiger partial charge on any atom is 0.0678 e. The van der Waals surface area contributed by atoms with Gasteiger partial charge < -0.3 is 32.3 Å². The number of benzene rings is 2. The second-order valence-electron chi connectivity index (χ2n) is 13.1. The Kier molecular flexibility index (Phi) is 42.0. The highest BCUT2D eigenvalue weighted by Gasteiger charge is 2.27. The van der Waals surface area contributed by atoms with Gasteiger partial charge >= 0.3 is 0 Å². The van der Waals surface area contributed by atoms with Crippen molar-refractivity contribution in [1.29, 1.82) is 0 Å². The quantitative estimate of drug-likeness (QED) is 0.111. The van der Waals surface area contributed by atoms with Crippen molar-refractivity contribution in [3.63, 3.8) is 0 Å². The summed E-state index contributed by atoms with van der Waals surface area (Å²) < 4.78 is 0.